The van der Waals surface area contributed by atoms with Gasteiger partial charge in [0.1, 0.15) is 18.8 Å². The quantitative estimate of drug-likeness (QED) is 0.431. The maximum atomic E-state index is 12.8. The van der Waals surface area contributed by atoms with Gasteiger partial charge in [0, 0.05) is 27.7 Å². The molecule has 14 heteroatoms. The third-order valence-electron chi connectivity index (χ3n) is 3.54. The Balaban J connectivity index is 3.39. The molecule has 1 aliphatic rings. The van der Waals surface area contributed by atoms with E-state index in [9.17, 15) is 37.1 Å². The van der Waals surface area contributed by atoms with Crippen molar-refractivity contribution in [2.45, 2.75) is 64.5 Å². The summed E-state index contributed by atoms with van der Waals surface area (Å²) in [5.41, 5.74) is 0. The molecule has 1 aliphatic heterocycles. The number of alkyl halides is 3. The number of hydrogen-bond acceptors (Lipinski definition) is 10. The fourth-order valence-electron chi connectivity index (χ4n) is 2.55. The maximum Gasteiger partial charge on any atom is 0.471 e. The van der Waals surface area contributed by atoms with Gasteiger partial charge in [-0.3, -0.25) is 24.0 Å². The number of ether oxygens (including phenoxy) is 5. The van der Waals surface area contributed by atoms with Crippen molar-refractivity contribution in [1.29, 1.82) is 0 Å². The summed E-state index contributed by atoms with van der Waals surface area (Å²) in [7, 11) is 0. The van der Waals surface area contributed by atoms with E-state index in [1.165, 1.54) is 5.32 Å². The first-order valence-electron chi connectivity index (χ1n) is 8.40. The number of amides is 1. The Morgan fingerprint density at radius 2 is 1.33 bits per heavy atom. The standard InChI is InChI=1S/C16H20F3NO10/c1-6(21)26-5-10-12(27-7(2)22)13(28-8(3)23)11(14(30-10)29-9(4)24)20-15(25)16(17,18)19/h10-14H,5H2,1-4H3,(H,20,25)/t10-,11-,12-,13-,14-/m1/s1. The van der Waals surface area contributed by atoms with Gasteiger partial charge in [-0.15, -0.1) is 0 Å². The van der Waals surface area contributed by atoms with Crippen molar-refractivity contribution in [1.82, 2.24) is 5.32 Å². The minimum absolute atomic E-state index is 0.594. The SMILES string of the molecule is CC(=O)OC[C@H]1O[C@@H](OC(C)=O)[C@H](NC(=O)C(F)(F)F)[C@@H](OC(C)=O)[C@@H]1OC(C)=O. The molecule has 30 heavy (non-hydrogen) atoms. The van der Waals surface area contributed by atoms with Gasteiger partial charge in [0.05, 0.1) is 0 Å². The molecular formula is C16H20F3NO10. The van der Waals surface area contributed by atoms with Gasteiger partial charge in [-0.2, -0.15) is 13.2 Å². The first-order chi connectivity index (χ1) is 13.7. The average Bonchev–Trinajstić information content (AvgIpc) is 2.56. The van der Waals surface area contributed by atoms with Crippen molar-refractivity contribution >= 4 is 29.8 Å². The lowest BCUT2D eigenvalue weighted by Crippen LogP contribution is -2.67. The number of hydrogen-bond donors (Lipinski definition) is 1. The lowest BCUT2D eigenvalue weighted by molar-refractivity contribution is -0.272. The molecule has 1 amide bonds. The molecule has 1 saturated heterocycles. The van der Waals surface area contributed by atoms with Gasteiger partial charge in [-0.05, 0) is 0 Å². The third kappa shape index (κ3) is 7.50. The molecule has 11 nitrogen and oxygen atoms in total. The highest BCUT2D eigenvalue weighted by atomic mass is 19.4. The van der Waals surface area contributed by atoms with Crippen molar-refractivity contribution in [3.63, 3.8) is 0 Å². The Morgan fingerprint density at radius 3 is 1.77 bits per heavy atom. The van der Waals surface area contributed by atoms with Gasteiger partial charge in [0.2, 0.25) is 6.29 Å². The minimum Gasteiger partial charge on any atom is -0.463 e. The van der Waals surface area contributed by atoms with Gasteiger partial charge >= 0.3 is 36.0 Å². The van der Waals surface area contributed by atoms with E-state index >= 15 is 0 Å². The Labute approximate surface area is 168 Å². The molecule has 1 fully saturated rings. The van der Waals surface area contributed by atoms with Crippen LogP contribution in [-0.2, 0) is 47.7 Å². The maximum absolute atomic E-state index is 12.8. The van der Waals surface area contributed by atoms with Crippen LogP contribution in [0.5, 0.6) is 0 Å². The fraction of sp³-hybridized carbons (Fsp3) is 0.688. The zero-order chi connectivity index (χ0) is 23.2. The van der Waals surface area contributed by atoms with Crippen molar-refractivity contribution in [3.8, 4) is 0 Å². The average molecular weight is 443 g/mol. The summed E-state index contributed by atoms with van der Waals surface area (Å²) in [6.07, 6.45) is -12.0. The monoisotopic (exact) mass is 443 g/mol. The smallest absolute Gasteiger partial charge is 0.463 e. The van der Waals surface area contributed by atoms with E-state index in [0.29, 0.717) is 0 Å². The largest absolute Gasteiger partial charge is 0.471 e. The summed E-state index contributed by atoms with van der Waals surface area (Å²) < 4.78 is 63.2. The fourth-order valence-corrected chi connectivity index (χ4v) is 2.55. The predicted molar refractivity (Wildman–Crippen MR) is 86.2 cm³/mol. The Kier molecular flexibility index (Phi) is 8.57. The molecule has 170 valence electrons. The summed E-state index contributed by atoms with van der Waals surface area (Å²) in [5, 5.41) is 1.52. The molecular weight excluding hydrogens is 423 g/mol. The van der Waals surface area contributed by atoms with Crippen LogP contribution in [-0.4, -0.2) is 73.2 Å². The molecule has 1 heterocycles. The van der Waals surface area contributed by atoms with Gasteiger partial charge in [0.15, 0.2) is 12.2 Å². The van der Waals surface area contributed by atoms with Crippen LogP contribution >= 0.6 is 0 Å². The van der Waals surface area contributed by atoms with Crippen molar-refractivity contribution < 1.29 is 60.8 Å². The second kappa shape index (κ2) is 10.2. The summed E-state index contributed by atoms with van der Waals surface area (Å²) in [6, 6.07) is -1.91. The Hall–Kier alpha value is -2.90. The molecule has 0 radical (unpaired) electrons. The van der Waals surface area contributed by atoms with E-state index in [1.807, 2.05) is 0 Å². The van der Waals surface area contributed by atoms with Crippen molar-refractivity contribution in [3.05, 3.63) is 0 Å². The summed E-state index contributed by atoms with van der Waals surface area (Å²) in [4.78, 5) is 57.0. The highest BCUT2D eigenvalue weighted by Crippen LogP contribution is 2.29. The zero-order valence-corrected chi connectivity index (χ0v) is 16.3. The molecule has 0 aliphatic carbocycles. The van der Waals surface area contributed by atoms with E-state index in [-0.39, 0.29) is 0 Å². The second-order valence-electron chi connectivity index (χ2n) is 6.10. The lowest BCUT2D eigenvalue weighted by atomic mass is 9.96. The molecule has 0 saturated carbocycles. The van der Waals surface area contributed by atoms with Crippen LogP contribution in [0.25, 0.3) is 0 Å². The molecule has 0 bridgehead atoms. The molecule has 0 spiro atoms. The van der Waals surface area contributed by atoms with Gasteiger partial charge in [-0.1, -0.05) is 0 Å². The van der Waals surface area contributed by atoms with Crippen LogP contribution in [0.1, 0.15) is 27.7 Å². The summed E-state index contributed by atoms with van der Waals surface area (Å²) in [5.74, 6) is -6.20. The van der Waals surface area contributed by atoms with Gasteiger partial charge in [0.25, 0.3) is 0 Å². The Morgan fingerprint density at radius 1 is 0.833 bits per heavy atom. The first-order valence-corrected chi connectivity index (χ1v) is 8.40. The zero-order valence-electron chi connectivity index (χ0n) is 16.3. The molecule has 1 rings (SSSR count). The van der Waals surface area contributed by atoms with Crippen molar-refractivity contribution in [2.75, 3.05) is 6.61 Å². The predicted octanol–water partition coefficient (Wildman–Crippen LogP) is -0.252. The first kappa shape index (κ1) is 25.1. The number of halogens is 3. The third-order valence-corrected chi connectivity index (χ3v) is 3.54. The molecule has 1 N–H and O–H groups in total. The van der Waals surface area contributed by atoms with E-state index < -0.39 is 73.2 Å². The van der Waals surface area contributed by atoms with E-state index in [4.69, 9.17) is 23.7 Å². The molecule has 0 aromatic rings. The highest BCUT2D eigenvalue weighted by Gasteiger charge is 2.54. The number of carbonyl (C=O) groups excluding carboxylic acids is 5. The number of nitrogens with one attached hydrogen (secondary N) is 1. The van der Waals surface area contributed by atoms with Crippen LogP contribution in [0.3, 0.4) is 0 Å². The second-order valence-corrected chi connectivity index (χ2v) is 6.10. The van der Waals surface area contributed by atoms with E-state index in [2.05, 4.69) is 0 Å². The molecule has 0 aromatic carbocycles. The van der Waals surface area contributed by atoms with Crippen molar-refractivity contribution in [2.24, 2.45) is 0 Å². The van der Waals surface area contributed by atoms with E-state index in [1.54, 1.807) is 0 Å². The van der Waals surface area contributed by atoms with Crippen LogP contribution in [0.4, 0.5) is 13.2 Å². The van der Waals surface area contributed by atoms with Crippen LogP contribution < -0.4 is 5.32 Å². The highest BCUT2D eigenvalue weighted by molar-refractivity contribution is 5.82. The summed E-state index contributed by atoms with van der Waals surface area (Å²) in [6.45, 7) is 3.22. The number of esters is 4. The van der Waals surface area contributed by atoms with Crippen LogP contribution in [0.2, 0.25) is 0 Å². The molecule has 0 aromatic heterocycles. The lowest BCUT2D eigenvalue weighted by Gasteiger charge is -2.44. The Bertz CT molecular complexity index is 695. The summed E-state index contributed by atoms with van der Waals surface area (Å²) >= 11 is 0. The van der Waals surface area contributed by atoms with Gasteiger partial charge in [-0.25, -0.2) is 0 Å². The number of rotatable bonds is 6. The van der Waals surface area contributed by atoms with Crippen LogP contribution in [0.15, 0.2) is 0 Å². The minimum atomic E-state index is -5.34. The van der Waals surface area contributed by atoms with E-state index in [0.717, 1.165) is 27.7 Å². The van der Waals surface area contributed by atoms with Crippen LogP contribution in [0, 0.1) is 0 Å². The number of carbonyl (C=O) groups is 5. The topological polar surface area (TPSA) is 144 Å². The molecule has 5 atom stereocenters. The van der Waals surface area contributed by atoms with Gasteiger partial charge < -0.3 is 29.0 Å². The molecule has 0 unspecified atom stereocenters. The normalized spacial score (nSPS) is 26.2.